The Morgan fingerprint density at radius 1 is 1.21 bits per heavy atom. The van der Waals surface area contributed by atoms with Crippen molar-refractivity contribution in [2.24, 2.45) is 0 Å². The molecule has 13 nitrogen and oxygen atoms in total. The van der Waals surface area contributed by atoms with Crippen LogP contribution in [-0.4, -0.2) is 78.1 Å². The summed E-state index contributed by atoms with van der Waals surface area (Å²) in [6, 6.07) is 6.02. The van der Waals surface area contributed by atoms with Gasteiger partial charge in [0.1, 0.15) is 16.8 Å². The second-order valence-electron chi connectivity index (χ2n) is 7.60. The van der Waals surface area contributed by atoms with Crippen LogP contribution in [0.3, 0.4) is 0 Å². The van der Waals surface area contributed by atoms with Crippen molar-refractivity contribution in [3.8, 4) is 0 Å². The summed E-state index contributed by atoms with van der Waals surface area (Å²) < 4.78 is 10.3. The molecule has 33 heavy (non-hydrogen) atoms. The third kappa shape index (κ3) is 4.86. The Balaban J connectivity index is 1.32. The van der Waals surface area contributed by atoms with Crippen molar-refractivity contribution in [3.63, 3.8) is 0 Å². The molecule has 0 saturated carbocycles. The molecular formula is C20H22N6O7. The number of aromatic nitrogens is 1. The van der Waals surface area contributed by atoms with Crippen LogP contribution in [0.2, 0.25) is 0 Å². The summed E-state index contributed by atoms with van der Waals surface area (Å²) in [6.45, 7) is 3.80. The van der Waals surface area contributed by atoms with Crippen LogP contribution in [0.25, 0.3) is 0 Å². The topological polar surface area (TPSA) is 151 Å². The highest BCUT2D eigenvalue weighted by Crippen LogP contribution is 2.24. The first kappa shape index (κ1) is 22.0. The van der Waals surface area contributed by atoms with Gasteiger partial charge in [0.25, 0.3) is 5.91 Å². The van der Waals surface area contributed by atoms with Gasteiger partial charge >= 0.3 is 12.0 Å². The largest absolute Gasteiger partial charge is 0.442 e. The summed E-state index contributed by atoms with van der Waals surface area (Å²) in [6.07, 6.45) is 0.657. The van der Waals surface area contributed by atoms with Crippen molar-refractivity contribution >= 4 is 35.3 Å². The molecular weight excluding hydrogens is 436 g/mol. The van der Waals surface area contributed by atoms with E-state index in [4.69, 9.17) is 9.15 Å². The number of piperazine rings is 1. The summed E-state index contributed by atoms with van der Waals surface area (Å²) in [5, 5.41) is 13.4. The second-order valence-corrected chi connectivity index (χ2v) is 7.60. The fourth-order valence-electron chi connectivity index (χ4n) is 3.66. The zero-order chi connectivity index (χ0) is 23.5. The molecule has 3 amide bonds. The lowest BCUT2D eigenvalue weighted by Gasteiger charge is -2.35. The summed E-state index contributed by atoms with van der Waals surface area (Å²) in [5.41, 5.74) is 0.585. The monoisotopic (exact) mass is 458 g/mol. The van der Waals surface area contributed by atoms with Crippen molar-refractivity contribution in [1.29, 1.82) is 0 Å². The molecule has 2 aliphatic heterocycles. The molecule has 2 aromatic rings. The highest BCUT2D eigenvalue weighted by molar-refractivity contribution is 5.92. The van der Waals surface area contributed by atoms with Gasteiger partial charge in [0, 0.05) is 33.1 Å². The van der Waals surface area contributed by atoms with Crippen LogP contribution in [0.1, 0.15) is 17.5 Å². The van der Waals surface area contributed by atoms with E-state index in [2.05, 4.69) is 10.3 Å². The number of nitro groups is 1. The zero-order valence-electron chi connectivity index (χ0n) is 17.8. The predicted octanol–water partition coefficient (Wildman–Crippen LogP) is 1.01. The Labute approximate surface area is 188 Å². The van der Waals surface area contributed by atoms with Crippen LogP contribution < -0.4 is 15.1 Å². The first-order valence-corrected chi connectivity index (χ1v) is 10.3. The maximum atomic E-state index is 12.5. The molecule has 0 aromatic carbocycles. The molecule has 4 heterocycles. The number of hydrogen-bond donors (Lipinski definition) is 1. The molecule has 2 aromatic heterocycles. The summed E-state index contributed by atoms with van der Waals surface area (Å²) in [5.74, 6) is -0.423. The maximum absolute atomic E-state index is 12.5. The Morgan fingerprint density at radius 3 is 2.58 bits per heavy atom. The first-order valence-electron chi connectivity index (χ1n) is 10.3. The van der Waals surface area contributed by atoms with Crippen molar-refractivity contribution in [3.05, 3.63) is 46.3 Å². The van der Waals surface area contributed by atoms with Crippen LogP contribution in [-0.2, 0) is 9.53 Å². The molecule has 0 radical (unpaired) electrons. The van der Waals surface area contributed by atoms with Gasteiger partial charge in [-0.05, 0) is 18.2 Å². The second kappa shape index (κ2) is 9.14. The van der Waals surface area contributed by atoms with E-state index in [1.165, 1.54) is 17.9 Å². The highest BCUT2D eigenvalue weighted by atomic mass is 16.6. The Morgan fingerprint density at radius 2 is 1.97 bits per heavy atom. The Hall–Kier alpha value is -4.16. The van der Waals surface area contributed by atoms with Gasteiger partial charge in [0.2, 0.25) is 5.91 Å². The van der Waals surface area contributed by atoms with E-state index in [0.717, 1.165) is 6.07 Å². The zero-order valence-corrected chi connectivity index (χ0v) is 17.8. The van der Waals surface area contributed by atoms with Crippen LogP contribution in [0, 0.1) is 10.1 Å². The Kier molecular flexibility index (Phi) is 6.11. The number of pyridine rings is 1. The number of anilines is 2. The van der Waals surface area contributed by atoms with Crippen LogP contribution in [0.15, 0.2) is 34.9 Å². The molecule has 1 unspecified atom stereocenters. The minimum atomic E-state index is -0.685. The van der Waals surface area contributed by atoms with E-state index < -0.39 is 28.9 Å². The van der Waals surface area contributed by atoms with E-state index >= 15 is 0 Å². The van der Waals surface area contributed by atoms with Crippen LogP contribution in [0.5, 0.6) is 0 Å². The summed E-state index contributed by atoms with van der Waals surface area (Å²) in [4.78, 5) is 55.2. The lowest BCUT2D eigenvalue weighted by molar-refractivity contribution is -0.402. The lowest BCUT2D eigenvalue weighted by atomic mass is 10.2. The van der Waals surface area contributed by atoms with Crippen molar-refractivity contribution < 1.29 is 28.5 Å². The fourth-order valence-corrected chi connectivity index (χ4v) is 3.66. The third-order valence-corrected chi connectivity index (χ3v) is 5.37. The van der Waals surface area contributed by atoms with E-state index in [9.17, 15) is 24.5 Å². The van der Waals surface area contributed by atoms with Crippen molar-refractivity contribution in [2.45, 2.75) is 13.0 Å². The smallest absolute Gasteiger partial charge is 0.433 e. The standard InChI is InChI=1S/C20H22N6O7/c1-13(27)21-11-15-12-25(20(29)32-15)14-2-4-17(22-10-14)23-6-8-24(9-7-23)19(28)16-3-5-18(33-16)26(30)31/h2-5,10,15H,6-9,11-12H2,1H3,(H,21,27). The third-order valence-electron chi connectivity index (χ3n) is 5.37. The minimum absolute atomic E-state index is 0.0630. The van der Waals surface area contributed by atoms with E-state index in [0.29, 0.717) is 44.2 Å². The van der Waals surface area contributed by atoms with Crippen molar-refractivity contribution in [2.75, 3.05) is 49.1 Å². The number of hydrogen-bond acceptors (Lipinski definition) is 9. The van der Waals surface area contributed by atoms with Gasteiger partial charge in [-0.15, -0.1) is 0 Å². The molecule has 2 aliphatic rings. The summed E-state index contributed by atoms with van der Waals surface area (Å²) in [7, 11) is 0. The average Bonchev–Trinajstić information content (AvgIpc) is 3.45. The molecule has 1 N–H and O–H groups in total. The average molecular weight is 458 g/mol. The quantitative estimate of drug-likeness (QED) is 0.494. The number of amides is 3. The van der Waals surface area contributed by atoms with Gasteiger partial charge < -0.3 is 24.3 Å². The van der Waals surface area contributed by atoms with Gasteiger partial charge in [0.15, 0.2) is 5.76 Å². The normalized spacial score (nSPS) is 18.3. The molecule has 2 fully saturated rings. The van der Waals surface area contributed by atoms with E-state index in [1.54, 1.807) is 23.2 Å². The molecule has 0 bridgehead atoms. The van der Waals surface area contributed by atoms with Crippen molar-refractivity contribution in [1.82, 2.24) is 15.2 Å². The number of rotatable bonds is 6. The van der Waals surface area contributed by atoms with Gasteiger partial charge in [-0.25, -0.2) is 9.78 Å². The number of nitrogens with one attached hydrogen (secondary N) is 1. The van der Waals surface area contributed by atoms with Gasteiger partial charge in [0.05, 0.1) is 31.0 Å². The Bertz CT molecular complexity index is 1060. The van der Waals surface area contributed by atoms with Crippen LogP contribution >= 0.6 is 0 Å². The fraction of sp³-hybridized carbons (Fsp3) is 0.400. The maximum Gasteiger partial charge on any atom is 0.433 e. The van der Waals surface area contributed by atoms with E-state index in [1.807, 2.05) is 4.90 Å². The molecule has 0 spiro atoms. The molecule has 13 heteroatoms. The minimum Gasteiger partial charge on any atom is -0.442 e. The number of carbonyl (C=O) groups excluding carboxylic acids is 3. The van der Waals surface area contributed by atoms with E-state index in [-0.39, 0.29) is 18.2 Å². The number of carbonyl (C=O) groups is 3. The van der Waals surface area contributed by atoms with Gasteiger partial charge in [-0.3, -0.25) is 24.6 Å². The number of nitrogens with zero attached hydrogens (tertiary/aromatic N) is 5. The molecule has 2 saturated heterocycles. The molecule has 4 rings (SSSR count). The predicted molar refractivity (Wildman–Crippen MR) is 114 cm³/mol. The highest BCUT2D eigenvalue weighted by Gasteiger charge is 2.33. The molecule has 1 atom stereocenters. The SMILES string of the molecule is CC(=O)NCC1CN(c2ccc(N3CCN(C(=O)c4ccc([N+](=O)[O-])o4)CC3)nc2)C(=O)O1. The number of furan rings is 1. The first-order chi connectivity index (χ1) is 15.8. The summed E-state index contributed by atoms with van der Waals surface area (Å²) >= 11 is 0. The molecule has 174 valence electrons. The number of ether oxygens (including phenoxy) is 1. The molecule has 0 aliphatic carbocycles. The van der Waals surface area contributed by atoms with Crippen LogP contribution in [0.4, 0.5) is 22.2 Å². The van der Waals surface area contributed by atoms with Gasteiger partial charge in [-0.2, -0.15) is 0 Å². The lowest BCUT2D eigenvalue weighted by Crippen LogP contribution is -2.49. The van der Waals surface area contributed by atoms with Gasteiger partial charge in [-0.1, -0.05) is 0 Å². The number of cyclic esters (lactones) is 1.